The van der Waals surface area contributed by atoms with Crippen LogP contribution in [-0.2, 0) is 6.18 Å². The molecule has 0 saturated heterocycles. The Balaban J connectivity index is 2.60. The van der Waals surface area contributed by atoms with Crippen LogP contribution in [0.5, 0.6) is 0 Å². The van der Waals surface area contributed by atoms with Crippen LogP contribution < -0.4 is 0 Å². The van der Waals surface area contributed by atoms with Gasteiger partial charge in [0, 0.05) is 11.6 Å². The number of thiazole rings is 1. The van der Waals surface area contributed by atoms with E-state index in [1.807, 2.05) is 0 Å². The van der Waals surface area contributed by atoms with E-state index < -0.39 is 23.4 Å². The van der Waals surface area contributed by atoms with Crippen molar-refractivity contribution >= 4 is 17.3 Å². The molecule has 2 rings (SSSR count). The van der Waals surface area contributed by atoms with Crippen LogP contribution in [0.2, 0.25) is 0 Å². The van der Waals surface area contributed by atoms with E-state index in [9.17, 15) is 18.0 Å². The van der Waals surface area contributed by atoms with Gasteiger partial charge in [-0.15, -0.1) is 11.3 Å². The number of hydrogen-bond acceptors (Lipinski definition) is 5. The molecule has 0 aromatic carbocycles. The van der Waals surface area contributed by atoms with Crippen LogP contribution in [0.4, 0.5) is 13.2 Å². The summed E-state index contributed by atoms with van der Waals surface area (Å²) < 4.78 is 38.0. The van der Waals surface area contributed by atoms with E-state index in [4.69, 9.17) is 5.11 Å². The fourth-order valence-corrected chi connectivity index (χ4v) is 1.73. The predicted molar refractivity (Wildman–Crippen MR) is 55.1 cm³/mol. The molecular weight excluding hydrogens is 271 g/mol. The van der Waals surface area contributed by atoms with Gasteiger partial charge >= 0.3 is 12.1 Å². The van der Waals surface area contributed by atoms with Crippen LogP contribution in [0.25, 0.3) is 11.5 Å². The third-order valence-corrected chi connectivity index (χ3v) is 2.54. The van der Waals surface area contributed by atoms with Crippen molar-refractivity contribution in [2.24, 2.45) is 0 Å². The Labute approximate surface area is 102 Å². The fraction of sp³-hybridized carbons (Fsp3) is 0.111. The maximum Gasteiger partial charge on any atom is 0.434 e. The summed E-state index contributed by atoms with van der Waals surface area (Å²) in [5.41, 5.74) is -0.881. The molecule has 9 heteroatoms. The van der Waals surface area contributed by atoms with Crippen molar-refractivity contribution in [2.45, 2.75) is 6.18 Å². The molecule has 94 valence electrons. The smallest absolute Gasteiger partial charge is 0.434 e. The lowest BCUT2D eigenvalue weighted by Gasteiger charge is -2.09. The van der Waals surface area contributed by atoms with E-state index >= 15 is 0 Å². The highest BCUT2D eigenvalue weighted by atomic mass is 32.1. The quantitative estimate of drug-likeness (QED) is 0.910. The van der Waals surface area contributed by atoms with Crippen molar-refractivity contribution in [3.63, 3.8) is 0 Å². The molecule has 0 bridgehead atoms. The van der Waals surface area contributed by atoms with E-state index in [0.717, 1.165) is 0 Å². The van der Waals surface area contributed by atoms with Crippen molar-refractivity contribution in [2.75, 3.05) is 0 Å². The lowest BCUT2D eigenvalue weighted by Crippen LogP contribution is -2.16. The molecule has 0 radical (unpaired) electrons. The first-order valence-corrected chi connectivity index (χ1v) is 5.40. The topological polar surface area (TPSA) is 76.0 Å². The van der Waals surface area contributed by atoms with Gasteiger partial charge in [0.1, 0.15) is 11.3 Å². The summed E-state index contributed by atoms with van der Waals surface area (Å²) in [7, 11) is 0. The molecule has 0 atom stereocenters. The van der Waals surface area contributed by atoms with Gasteiger partial charge in [-0.1, -0.05) is 0 Å². The van der Waals surface area contributed by atoms with E-state index in [1.54, 1.807) is 0 Å². The molecule has 0 amide bonds. The number of carboxylic acids is 1. The van der Waals surface area contributed by atoms with Crippen LogP contribution in [0.15, 0.2) is 17.1 Å². The number of aromatic nitrogens is 3. The van der Waals surface area contributed by atoms with E-state index in [2.05, 4.69) is 15.0 Å². The maximum atomic E-state index is 12.7. The third-order valence-electron chi connectivity index (χ3n) is 1.95. The van der Waals surface area contributed by atoms with Gasteiger partial charge in [-0.2, -0.15) is 13.2 Å². The first kappa shape index (κ1) is 12.4. The number of halogens is 3. The highest BCUT2D eigenvalue weighted by Gasteiger charge is 2.38. The first-order valence-electron chi connectivity index (χ1n) is 4.45. The van der Waals surface area contributed by atoms with E-state index in [-0.39, 0.29) is 11.5 Å². The standard InChI is InChI=1S/C9H4F3N3O2S/c10-9(11,12)6-4(8(16)17)1-13-7(15-6)5-2-18-3-14-5/h1-3H,(H,16,17). The molecule has 0 aliphatic heterocycles. The molecule has 2 aromatic rings. The van der Waals surface area contributed by atoms with Gasteiger partial charge < -0.3 is 5.11 Å². The second kappa shape index (κ2) is 4.33. The van der Waals surface area contributed by atoms with Crippen LogP contribution in [0.3, 0.4) is 0 Å². The average Bonchev–Trinajstić information content (AvgIpc) is 2.80. The highest BCUT2D eigenvalue weighted by Crippen LogP contribution is 2.31. The molecule has 18 heavy (non-hydrogen) atoms. The number of carbonyl (C=O) groups is 1. The Bertz CT molecular complexity index is 583. The zero-order chi connectivity index (χ0) is 13.3. The molecule has 0 aliphatic rings. The number of alkyl halides is 3. The molecule has 0 saturated carbocycles. The summed E-state index contributed by atoms with van der Waals surface area (Å²) in [6, 6.07) is 0. The third kappa shape index (κ3) is 2.30. The largest absolute Gasteiger partial charge is 0.478 e. The summed E-state index contributed by atoms with van der Waals surface area (Å²) in [4.78, 5) is 21.2. The van der Waals surface area contributed by atoms with Gasteiger partial charge in [0.15, 0.2) is 11.5 Å². The Kier molecular flexibility index (Phi) is 2.99. The molecule has 0 aliphatic carbocycles. The number of rotatable bonds is 2. The van der Waals surface area contributed by atoms with Gasteiger partial charge in [0.05, 0.1) is 5.51 Å². The SMILES string of the molecule is O=C(O)c1cnc(-c2cscn2)nc1C(F)(F)F. The van der Waals surface area contributed by atoms with Gasteiger partial charge in [-0.05, 0) is 0 Å². The van der Waals surface area contributed by atoms with Gasteiger partial charge in [-0.3, -0.25) is 0 Å². The van der Waals surface area contributed by atoms with E-state index in [0.29, 0.717) is 6.20 Å². The zero-order valence-corrected chi connectivity index (χ0v) is 9.29. The van der Waals surface area contributed by atoms with Crippen LogP contribution >= 0.6 is 11.3 Å². The summed E-state index contributed by atoms with van der Waals surface area (Å²) in [6.45, 7) is 0. The lowest BCUT2D eigenvalue weighted by molar-refractivity contribution is -0.141. The van der Waals surface area contributed by atoms with Crippen molar-refractivity contribution in [1.29, 1.82) is 0 Å². The van der Waals surface area contributed by atoms with Crippen LogP contribution in [0.1, 0.15) is 16.1 Å². The van der Waals surface area contributed by atoms with Gasteiger partial charge in [0.25, 0.3) is 0 Å². The molecule has 1 N–H and O–H groups in total. The van der Waals surface area contributed by atoms with Crippen LogP contribution in [0, 0.1) is 0 Å². The number of nitrogens with zero attached hydrogens (tertiary/aromatic N) is 3. The molecule has 2 heterocycles. The minimum Gasteiger partial charge on any atom is -0.478 e. The minimum absolute atomic E-state index is 0.169. The van der Waals surface area contributed by atoms with Gasteiger partial charge in [-0.25, -0.2) is 19.7 Å². The summed E-state index contributed by atoms with van der Waals surface area (Å²) in [5.74, 6) is -1.99. The minimum atomic E-state index is -4.86. The monoisotopic (exact) mass is 275 g/mol. The molecule has 0 spiro atoms. The Morgan fingerprint density at radius 2 is 2.06 bits per heavy atom. The van der Waals surface area contributed by atoms with Crippen molar-refractivity contribution in [3.8, 4) is 11.5 Å². The molecular formula is C9H4F3N3O2S. The molecule has 0 unspecified atom stereocenters. The Morgan fingerprint density at radius 3 is 2.56 bits per heavy atom. The highest BCUT2D eigenvalue weighted by molar-refractivity contribution is 7.07. The van der Waals surface area contributed by atoms with Crippen molar-refractivity contribution in [1.82, 2.24) is 15.0 Å². The van der Waals surface area contributed by atoms with Gasteiger partial charge in [0.2, 0.25) is 0 Å². The first-order chi connectivity index (χ1) is 8.39. The second-order valence-electron chi connectivity index (χ2n) is 3.13. The fourth-order valence-electron chi connectivity index (χ4n) is 1.20. The van der Waals surface area contributed by atoms with Crippen molar-refractivity contribution < 1.29 is 23.1 Å². The number of aromatic carboxylic acids is 1. The number of carboxylic acid groups (broad SMARTS) is 1. The summed E-state index contributed by atoms with van der Waals surface area (Å²) in [5, 5.41) is 10.1. The molecule has 2 aromatic heterocycles. The molecule has 0 fully saturated rings. The zero-order valence-electron chi connectivity index (χ0n) is 8.47. The van der Waals surface area contributed by atoms with Crippen molar-refractivity contribution in [3.05, 3.63) is 28.3 Å². The Hall–Kier alpha value is -2.03. The van der Waals surface area contributed by atoms with E-state index in [1.165, 1.54) is 22.2 Å². The Morgan fingerprint density at radius 1 is 1.33 bits per heavy atom. The summed E-state index contributed by atoms with van der Waals surface area (Å²) >= 11 is 1.17. The summed E-state index contributed by atoms with van der Waals surface area (Å²) in [6.07, 6.45) is -4.23. The molecule has 5 nitrogen and oxygen atoms in total. The lowest BCUT2D eigenvalue weighted by atomic mass is 10.2. The average molecular weight is 275 g/mol. The number of hydrogen-bond donors (Lipinski definition) is 1. The predicted octanol–water partition coefficient (Wildman–Crippen LogP) is 2.32. The van der Waals surface area contributed by atoms with Crippen LogP contribution in [-0.4, -0.2) is 26.0 Å². The maximum absolute atomic E-state index is 12.7. The second-order valence-corrected chi connectivity index (χ2v) is 3.85. The normalized spacial score (nSPS) is 11.5.